The summed E-state index contributed by atoms with van der Waals surface area (Å²) in [6.45, 7) is 7.73. The molecule has 168 valence electrons. The summed E-state index contributed by atoms with van der Waals surface area (Å²) < 4.78 is 13.4. The lowest BCUT2D eigenvalue weighted by atomic mass is 9.85. The molecule has 4 N–H and O–H groups in total. The predicted octanol–water partition coefficient (Wildman–Crippen LogP) is 2.70. The lowest BCUT2D eigenvalue weighted by Crippen LogP contribution is -2.55. The first-order valence-electron chi connectivity index (χ1n) is 10.2. The summed E-state index contributed by atoms with van der Waals surface area (Å²) >= 11 is 0. The van der Waals surface area contributed by atoms with Gasteiger partial charge in [-0.05, 0) is 47.2 Å². The third kappa shape index (κ3) is 6.75. The number of hydrogen-bond donors (Lipinski definition) is 4. The number of nitrogens with one attached hydrogen (secondary N) is 3. The maximum absolute atomic E-state index is 13.4. The van der Waals surface area contributed by atoms with Crippen LogP contribution in [0.15, 0.2) is 36.4 Å². The molecule has 2 aromatic carbocycles. The highest BCUT2D eigenvalue weighted by Gasteiger charge is 2.34. The van der Waals surface area contributed by atoms with Crippen LogP contribution in [0.4, 0.5) is 4.39 Å². The van der Waals surface area contributed by atoms with Crippen LogP contribution in [-0.4, -0.2) is 35.5 Å². The van der Waals surface area contributed by atoms with E-state index in [-0.39, 0.29) is 24.6 Å². The lowest BCUT2D eigenvalue weighted by Gasteiger charge is -2.31. The molecule has 0 aliphatic carbocycles. The van der Waals surface area contributed by atoms with Gasteiger partial charge in [0, 0.05) is 13.0 Å². The Bertz CT molecular complexity index is 955. The molecule has 0 heterocycles. The third-order valence-electron chi connectivity index (χ3n) is 5.04. The summed E-state index contributed by atoms with van der Waals surface area (Å²) in [5, 5.41) is 16.0. The van der Waals surface area contributed by atoms with E-state index in [1.807, 2.05) is 26.8 Å². The number of rotatable bonds is 8. The summed E-state index contributed by atoms with van der Waals surface area (Å²) in [6, 6.07) is 8.98. The second-order valence-corrected chi connectivity index (χ2v) is 8.67. The molecule has 0 aliphatic heterocycles. The first kappa shape index (κ1) is 24.3. The van der Waals surface area contributed by atoms with E-state index in [9.17, 15) is 18.8 Å². The fourth-order valence-corrected chi connectivity index (χ4v) is 3.42. The number of halogens is 1. The van der Waals surface area contributed by atoms with E-state index < -0.39 is 29.2 Å². The summed E-state index contributed by atoms with van der Waals surface area (Å²) in [4.78, 5) is 37.4. The second kappa shape index (κ2) is 10.3. The Balaban J connectivity index is 2.28. The molecule has 2 atom stereocenters. The van der Waals surface area contributed by atoms with Gasteiger partial charge in [0.05, 0.1) is 5.92 Å². The Hall–Kier alpha value is -3.00. The number of carbonyl (C=O) groups excluding carboxylic acids is 3. The Labute approximate surface area is 181 Å². The van der Waals surface area contributed by atoms with Crippen LogP contribution in [-0.2, 0) is 20.8 Å². The largest absolute Gasteiger partial charge is 0.355 e. The van der Waals surface area contributed by atoms with Crippen LogP contribution >= 0.6 is 0 Å². The molecule has 0 radical (unpaired) electrons. The van der Waals surface area contributed by atoms with Crippen LogP contribution in [0.25, 0.3) is 10.8 Å². The van der Waals surface area contributed by atoms with Crippen molar-refractivity contribution < 1.29 is 24.0 Å². The Kier molecular flexibility index (Phi) is 8.10. The second-order valence-electron chi connectivity index (χ2n) is 8.67. The van der Waals surface area contributed by atoms with Gasteiger partial charge in [0.1, 0.15) is 11.9 Å². The quantitative estimate of drug-likeness (QED) is 0.381. The third-order valence-corrected chi connectivity index (χ3v) is 5.04. The fraction of sp³-hybridized carbons (Fsp3) is 0.435. The maximum Gasteiger partial charge on any atom is 0.244 e. The normalized spacial score (nSPS) is 13.4. The highest BCUT2D eigenvalue weighted by atomic mass is 19.1. The van der Waals surface area contributed by atoms with Crippen molar-refractivity contribution in [1.82, 2.24) is 16.1 Å². The van der Waals surface area contributed by atoms with Crippen LogP contribution in [0.2, 0.25) is 0 Å². The van der Waals surface area contributed by atoms with Crippen molar-refractivity contribution in [3.63, 3.8) is 0 Å². The zero-order valence-electron chi connectivity index (χ0n) is 18.3. The van der Waals surface area contributed by atoms with E-state index in [1.165, 1.54) is 12.1 Å². The van der Waals surface area contributed by atoms with Crippen LogP contribution in [0.3, 0.4) is 0 Å². The van der Waals surface area contributed by atoms with Gasteiger partial charge >= 0.3 is 0 Å². The van der Waals surface area contributed by atoms with Gasteiger partial charge in [0.25, 0.3) is 0 Å². The van der Waals surface area contributed by atoms with Gasteiger partial charge in [0.2, 0.25) is 17.7 Å². The van der Waals surface area contributed by atoms with Gasteiger partial charge in [-0.2, -0.15) is 0 Å². The van der Waals surface area contributed by atoms with Gasteiger partial charge in [-0.3, -0.25) is 19.6 Å². The van der Waals surface area contributed by atoms with Gasteiger partial charge in [-0.1, -0.05) is 45.0 Å². The van der Waals surface area contributed by atoms with Crippen molar-refractivity contribution in [2.24, 2.45) is 11.3 Å². The van der Waals surface area contributed by atoms with E-state index >= 15 is 0 Å². The zero-order chi connectivity index (χ0) is 23.2. The number of carbonyl (C=O) groups is 3. The van der Waals surface area contributed by atoms with E-state index in [0.717, 1.165) is 16.3 Å². The van der Waals surface area contributed by atoms with Crippen molar-refractivity contribution in [3.8, 4) is 0 Å². The minimum Gasteiger partial charge on any atom is -0.355 e. The molecule has 31 heavy (non-hydrogen) atoms. The average Bonchev–Trinajstić information content (AvgIpc) is 2.70. The van der Waals surface area contributed by atoms with E-state index in [2.05, 4.69) is 10.6 Å². The Morgan fingerprint density at radius 3 is 2.29 bits per heavy atom. The van der Waals surface area contributed by atoms with Crippen LogP contribution < -0.4 is 16.1 Å². The predicted molar refractivity (Wildman–Crippen MR) is 116 cm³/mol. The first-order chi connectivity index (χ1) is 14.5. The van der Waals surface area contributed by atoms with Gasteiger partial charge < -0.3 is 10.6 Å². The molecule has 0 aliphatic rings. The maximum atomic E-state index is 13.4. The fourth-order valence-electron chi connectivity index (χ4n) is 3.42. The molecule has 3 amide bonds. The number of amides is 3. The van der Waals surface area contributed by atoms with Gasteiger partial charge in [-0.15, -0.1) is 0 Å². The van der Waals surface area contributed by atoms with Crippen molar-refractivity contribution in [2.75, 3.05) is 6.54 Å². The smallest absolute Gasteiger partial charge is 0.244 e. The molecule has 0 fully saturated rings. The number of hydrogen-bond acceptors (Lipinski definition) is 4. The Morgan fingerprint density at radius 1 is 1.03 bits per heavy atom. The van der Waals surface area contributed by atoms with E-state index in [0.29, 0.717) is 6.54 Å². The molecule has 2 unspecified atom stereocenters. The SMILES string of the molecule is CCNC(=O)C(NC(=O)C(CC(=O)NO)Cc1ccc2cc(F)ccc2c1)C(C)(C)C. The standard InChI is InChI=1S/C23H30FN3O4/c1-5-25-22(30)20(23(2,3)4)26-21(29)17(13-19(28)27-31)11-14-6-7-16-12-18(24)9-8-15(16)10-14/h6-10,12,17,20,31H,5,11,13H2,1-4H3,(H,25,30)(H,26,29)(H,27,28). The number of likely N-dealkylation sites (N-methyl/N-ethyl adjacent to an activating group) is 1. The first-order valence-corrected chi connectivity index (χ1v) is 10.2. The van der Waals surface area contributed by atoms with E-state index in [1.54, 1.807) is 30.6 Å². The molecular weight excluding hydrogens is 401 g/mol. The minimum atomic E-state index is -0.815. The van der Waals surface area contributed by atoms with Crippen molar-refractivity contribution in [1.29, 1.82) is 0 Å². The molecule has 2 aromatic rings. The van der Waals surface area contributed by atoms with Crippen LogP contribution in [0.5, 0.6) is 0 Å². The lowest BCUT2D eigenvalue weighted by molar-refractivity contribution is -0.137. The van der Waals surface area contributed by atoms with Crippen molar-refractivity contribution in [3.05, 3.63) is 47.8 Å². The van der Waals surface area contributed by atoms with Crippen molar-refractivity contribution in [2.45, 2.75) is 46.6 Å². The molecule has 0 aromatic heterocycles. The minimum absolute atomic E-state index is 0.207. The van der Waals surface area contributed by atoms with E-state index in [4.69, 9.17) is 5.21 Å². The van der Waals surface area contributed by atoms with Crippen molar-refractivity contribution >= 4 is 28.5 Å². The number of fused-ring (bicyclic) bond motifs is 1. The molecule has 2 rings (SSSR count). The highest BCUT2D eigenvalue weighted by molar-refractivity contribution is 5.91. The van der Waals surface area contributed by atoms with Gasteiger partial charge in [-0.25, -0.2) is 9.87 Å². The highest BCUT2D eigenvalue weighted by Crippen LogP contribution is 2.23. The van der Waals surface area contributed by atoms with Crippen LogP contribution in [0.1, 0.15) is 39.7 Å². The van der Waals surface area contributed by atoms with Gasteiger partial charge in [0.15, 0.2) is 0 Å². The number of hydroxylamine groups is 1. The summed E-state index contributed by atoms with van der Waals surface area (Å²) in [5.74, 6) is -2.62. The molecule has 0 bridgehead atoms. The summed E-state index contributed by atoms with van der Waals surface area (Å²) in [5.41, 5.74) is 1.78. The Morgan fingerprint density at radius 2 is 1.68 bits per heavy atom. The zero-order valence-corrected chi connectivity index (χ0v) is 18.3. The molecule has 0 saturated heterocycles. The topological polar surface area (TPSA) is 108 Å². The molecule has 7 nitrogen and oxygen atoms in total. The summed E-state index contributed by atoms with van der Waals surface area (Å²) in [6.07, 6.45) is -0.0467. The molecule has 0 saturated carbocycles. The molecule has 8 heteroatoms. The summed E-state index contributed by atoms with van der Waals surface area (Å²) in [7, 11) is 0. The number of benzene rings is 2. The monoisotopic (exact) mass is 431 g/mol. The molecular formula is C23H30FN3O4. The van der Waals surface area contributed by atoms with Crippen LogP contribution in [0, 0.1) is 17.2 Å². The molecule has 0 spiro atoms. The average molecular weight is 432 g/mol.